The molecule has 1 aliphatic rings. The summed E-state index contributed by atoms with van der Waals surface area (Å²) >= 11 is 0. The van der Waals surface area contributed by atoms with Crippen molar-refractivity contribution in [1.29, 1.82) is 0 Å². The number of fused-ring (bicyclic) bond motifs is 10. The lowest BCUT2D eigenvalue weighted by atomic mass is 9.82. The van der Waals surface area contributed by atoms with Gasteiger partial charge in [-0.3, -0.25) is 17.6 Å². The Balaban J connectivity index is 0.000000105. The van der Waals surface area contributed by atoms with E-state index in [1.54, 1.807) is 25.1 Å². The Bertz CT molecular complexity index is 8950. The van der Waals surface area contributed by atoms with Gasteiger partial charge in [0.05, 0.1) is 33.8 Å². The third-order valence-electron chi connectivity index (χ3n) is 26.6. The third-order valence-corrected chi connectivity index (χ3v) is 26.6. The molecular formula is C128H94N10O8. The summed E-state index contributed by atoms with van der Waals surface area (Å²) in [5.41, 5.74) is 29.1. The first-order valence-corrected chi connectivity index (χ1v) is 48.6. The lowest BCUT2D eigenvalue weighted by Gasteiger charge is -2.25. The summed E-state index contributed by atoms with van der Waals surface area (Å²) in [5.74, 6) is 9.11. The first kappa shape index (κ1) is 89.2. The Morgan fingerprint density at radius 2 is 0.527 bits per heavy atom. The van der Waals surface area contributed by atoms with Gasteiger partial charge in [-0.1, -0.05) is 258 Å². The average Bonchev–Trinajstić information content (AvgIpc) is 1.56. The topological polar surface area (TPSA) is 167 Å². The quantitative estimate of drug-likeness (QED) is 0.0667. The first-order valence-electron chi connectivity index (χ1n) is 48.6. The second-order valence-corrected chi connectivity index (χ2v) is 36.4. The third kappa shape index (κ3) is 17.6. The van der Waals surface area contributed by atoms with Crippen LogP contribution >= 0.6 is 0 Å². The van der Waals surface area contributed by atoms with E-state index in [-0.39, 0.29) is 5.41 Å². The molecule has 18 nitrogen and oxygen atoms in total. The van der Waals surface area contributed by atoms with Crippen LogP contribution in [-0.2, 0) is 5.41 Å². The van der Waals surface area contributed by atoms with Gasteiger partial charge in [0.1, 0.15) is 93.8 Å². The van der Waals surface area contributed by atoms with Crippen molar-refractivity contribution in [3.63, 3.8) is 0 Å². The molecule has 0 N–H and O–H groups in total. The fraction of sp³-hybridized carbons (Fsp3) is 0.0469. The minimum atomic E-state index is -0.0707. The molecule has 9 heterocycles. The average molecular weight is 1900 g/mol. The van der Waals surface area contributed by atoms with E-state index in [2.05, 4.69) is 262 Å². The molecule has 26 aromatic rings. The highest BCUT2D eigenvalue weighted by Gasteiger charge is 2.36. The number of para-hydroxylation sites is 8. The van der Waals surface area contributed by atoms with E-state index in [0.29, 0.717) is 29.3 Å². The maximum Gasteiger partial charge on any atom is 0.306 e. The zero-order valence-corrected chi connectivity index (χ0v) is 80.1. The number of anilines is 3. The number of hydrogen-bond donors (Lipinski definition) is 0. The molecular weight excluding hydrogens is 1810 g/mol. The van der Waals surface area contributed by atoms with Crippen molar-refractivity contribution in [2.75, 3.05) is 4.90 Å². The highest BCUT2D eigenvalue weighted by atomic mass is 16.5. The van der Waals surface area contributed by atoms with E-state index in [0.717, 1.165) is 159 Å². The van der Waals surface area contributed by atoms with Gasteiger partial charge in [0.25, 0.3) is 0 Å². The smallest absolute Gasteiger partial charge is 0.306 e. The Labute approximate surface area is 841 Å². The van der Waals surface area contributed by atoms with Crippen LogP contribution in [-0.4, -0.2) is 42.1 Å². The van der Waals surface area contributed by atoms with Crippen molar-refractivity contribution in [2.24, 2.45) is 0 Å². The van der Waals surface area contributed by atoms with E-state index >= 15 is 0 Å². The second kappa shape index (κ2) is 39.0. The van der Waals surface area contributed by atoms with Crippen molar-refractivity contribution >= 4 is 62.2 Å². The van der Waals surface area contributed by atoms with Crippen LogP contribution in [0.15, 0.2) is 510 Å². The summed E-state index contributed by atoms with van der Waals surface area (Å²) in [6.07, 6.45) is 14.3. The Morgan fingerprint density at radius 3 is 0.884 bits per heavy atom. The van der Waals surface area contributed by atoms with Crippen LogP contribution in [0.5, 0.6) is 46.0 Å². The molecule has 0 aliphatic heterocycles. The molecule has 0 amide bonds. The van der Waals surface area contributed by atoms with E-state index in [1.807, 2.05) is 261 Å². The van der Waals surface area contributed by atoms with E-state index in [1.165, 1.54) is 49.6 Å². The molecule has 146 heavy (non-hydrogen) atoms. The molecule has 1 aliphatic carbocycles. The first-order chi connectivity index (χ1) is 71.9. The standard InChI is InChI=1S/C35H23N3O2.C35H25N3O2.C32H24N2O2.C26H22N2O2/c1-2-8-27(9-3-1)40-28-20-16-24(17-21-28)33-34(37-22-23-39-35(37)36-33)25-14-18-26(19-15-25)38-31-12-6-4-10-29(31)30-11-5-7-13-32(30)38;1-4-10-28(11-5-1)38(29-12-6-2-7-13-29)30-20-16-27(17-21-30)34-33(36-35-37(34)24-25-39-35)26-18-22-32(23-19-26)40-31-14-8-3-9-15-31;1-32(2)27-11-7-6-10-25(27)26-17-14-22(20-28(26)32)30-29(33-31-34(30)18-19-35-31)21-12-15-24(16-13-21)36-23-8-4-3-5-9-23;1-18(2)19-8-10-21(11-9-19)25-24(27-26-28(25)16-17-29-26)20-12-14-23(15-13-20)30-22-6-4-3-5-7-22/h1-23H;1-25H;3-20H,1-2H3;3-18H,1-2H3. The summed E-state index contributed by atoms with van der Waals surface area (Å²) < 4.78 is 56.9. The molecule has 9 aromatic heterocycles. The Hall–Kier alpha value is -19.5. The monoisotopic (exact) mass is 1900 g/mol. The van der Waals surface area contributed by atoms with Crippen LogP contribution in [0.25, 0.3) is 152 Å². The van der Waals surface area contributed by atoms with Gasteiger partial charge in [-0.2, -0.15) is 19.9 Å². The highest BCUT2D eigenvalue weighted by Crippen LogP contribution is 2.51. The maximum absolute atomic E-state index is 5.99. The van der Waals surface area contributed by atoms with Gasteiger partial charge in [-0.15, -0.1) is 0 Å². The van der Waals surface area contributed by atoms with Crippen LogP contribution in [0.3, 0.4) is 0 Å². The summed E-state index contributed by atoms with van der Waals surface area (Å²) in [7, 11) is 0. The summed E-state index contributed by atoms with van der Waals surface area (Å²) in [4.78, 5) is 21.5. The van der Waals surface area contributed by atoms with E-state index in [9.17, 15) is 0 Å². The van der Waals surface area contributed by atoms with Crippen LogP contribution in [0.4, 0.5) is 17.1 Å². The lowest BCUT2D eigenvalue weighted by molar-refractivity contribution is 0.482. The fourth-order valence-electron chi connectivity index (χ4n) is 19.5. The van der Waals surface area contributed by atoms with Crippen molar-refractivity contribution in [3.05, 3.63) is 509 Å². The van der Waals surface area contributed by atoms with Crippen LogP contribution < -0.4 is 23.8 Å². The molecule has 704 valence electrons. The number of nitrogens with zero attached hydrogens (tertiary/aromatic N) is 10. The Kier molecular flexibility index (Phi) is 23.8. The Morgan fingerprint density at radius 1 is 0.253 bits per heavy atom. The summed E-state index contributed by atoms with van der Waals surface area (Å²) in [6, 6.07) is 151. The number of benzene rings is 17. The normalized spacial score (nSPS) is 11.8. The van der Waals surface area contributed by atoms with Gasteiger partial charge in [0.2, 0.25) is 0 Å². The van der Waals surface area contributed by atoms with Gasteiger partial charge in [0.15, 0.2) is 0 Å². The van der Waals surface area contributed by atoms with Crippen LogP contribution in [0.1, 0.15) is 50.3 Å². The zero-order valence-electron chi connectivity index (χ0n) is 80.1. The molecule has 18 heteroatoms. The van der Waals surface area contributed by atoms with Crippen molar-refractivity contribution in [1.82, 2.24) is 42.1 Å². The fourth-order valence-corrected chi connectivity index (χ4v) is 19.5. The van der Waals surface area contributed by atoms with Gasteiger partial charge in [-0.05, 0) is 246 Å². The van der Waals surface area contributed by atoms with Gasteiger partial charge < -0.3 is 46.1 Å². The highest BCUT2D eigenvalue weighted by molar-refractivity contribution is 6.09. The number of oxazole rings is 4. The van der Waals surface area contributed by atoms with Crippen LogP contribution in [0, 0.1) is 0 Å². The molecule has 17 aromatic carbocycles. The summed E-state index contributed by atoms with van der Waals surface area (Å²) in [6.45, 7) is 9.01. The predicted octanol–water partition coefficient (Wildman–Crippen LogP) is 34.2. The number of ether oxygens (including phenoxy) is 4. The lowest BCUT2D eigenvalue weighted by Crippen LogP contribution is -2.14. The molecule has 0 fully saturated rings. The van der Waals surface area contributed by atoms with E-state index in [4.69, 9.17) is 56.6 Å². The second-order valence-electron chi connectivity index (χ2n) is 36.4. The van der Waals surface area contributed by atoms with Crippen molar-refractivity contribution in [3.8, 4) is 153 Å². The van der Waals surface area contributed by atoms with Crippen molar-refractivity contribution in [2.45, 2.75) is 39.0 Å². The molecule has 0 unspecified atom stereocenters. The minimum Gasteiger partial charge on any atom is -0.457 e. The molecule has 0 spiro atoms. The maximum atomic E-state index is 5.99. The number of imidazole rings is 4. The van der Waals surface area contributed by atoms with E-state index < -0.39 is 0 Å². The molecule has 0 radical (unpaired) electrons. The number of hydrogen-bond acceptors (Lipinski definition) is 13. The van der Waals surface area contributed by atoms with Crippen molar-refractivity contribution < 1.29 is 36.6 Å². The SMILES string of the molecule is CC(C)c1ccc(-c2c(-c3ccc(Oc4ccccc4)cc3)nc3occn23)cc1.CC1(C)c2ccccc2-c2ccc(-c3c(-c4ccc(Oc5ccccc5)cc4)nc4occn34)cc21.c1ccc(Oc2ccc(-c3nc4occn4c3-c3ccc(-n4c5ccccc5c5ccccc54)cc3)cc2)cc1.c1ccc(Oc2ccc(-c3nc4occn4c3-c3ccc(N(c4ccccc4)c4ccccc4)cc3)cc2)cc1. The predicted molar refractivity (Wildman–Crippen MR) is 580 cm³/mol. The largest absolute Gasteiger partial charge is 0.457 e. The molecule has 0 bridgehead atoms. The van der Waals surface area contributed by atoms with Gasteiger partial charge >= 0.3 is 23.4 Å². The van der Waals surface area contributed by atoms with Crippen LogP contribution in [0.2, 0.25) is 0 Å². The summed E-state index contributed by atoms with van der Waals surface area (Å²) in [5, 5.41) is 2.50. The molecule has 0 atom stereocenters. The zero-order chi connectivity index (χ0) is 98.0. The molecule has 0 saturated carbocycles. The number of aromatic nitrogens is 9. The number of rotatable bonds is 21. The van der Waals surface area contributed by atoms with Gasteiger partial charge in [0, 0.05) is 108 Å². The molecule has 27 rings (SSSR count). The minimum absolute atomic E-state index is 0.0707. The molecule has 0 saturated heterocycles. The van der Waals surface area contributed by atoms with Gasteiger partial charge in [-0.25, -0.2) is 0 Å².